The van der Waals surface area contributed by atoms with Gasteiger partial charge in [0, 0.05) is 0 Å². The number of rotatable bonds is 1. The van der Waals surface area contributed by atoms with Crippen molar-refractivity contribution in [3.05, 3.63) is 34.6 Å². The number of hydrogen-bond donors (Lipinski definition) is 2. The maximum Gasteiger partial charge on any atom is 0.271 e. The fourth-order valence-corrected chi connectivity index (χ4v) is 2.46. The Morgan fingerprint density at radius 1 is 1.19 bits per heavy atom. The van der Waals surface area contributed by atoms with Gasteiger partial charge in [-0.2, -0.15) is 0 Å². The van der Waals surface area contributed by atoms with Crippen molar-refractivity contribution in [2.75, 3.05) is 13.1 Å². The second-order valence-electron chi connectivity index (χ2n) is 4.31. The summed E-state index contributed by atoms with van der Waals surface area (Å²) in [6, 6.07) is 8.20. The monoisotopic (exact) mass is 217 g/mol. The van der Waals surface area contributed by atoms with Gasteiger partial charge in [-0.3, -0.25) is 14.6 Å². The van der Waals surface area contributed by atoms with Crippen LogP contribution in [-0.2, 0) is 0 Å². The molecule has 1 aliphatic rings. The number of H-pyrrole nitrogens is 1. The Morgan fingerprint density at radius 2 is 1.94 bits per heavy atom. The van der Waals surface area contributed by atoms with E-state index in [1.54, 1.807) is 0 Å². The third-order valence-corrected chi connectivity index (χ3v) is 3.30. The van der Waals surface area contributed by atoms with Crippen LogP contribution in [0.2, 0.25) is 0 Å². The third-order valence-electron chi connectivity index (χ3n) is 3.30. The summed E-state index contributed by atoms with van der Waals surface area (Å²) < 4.78 is 2.04. The van der Waals surface area contributed by atoms with Crippen molar-refractivity contribution < 1.29 is 0 Å². The van der Waals surface area contributed by atoms with Crippen LogP contribution in [0.3, 0.4) is 0 Å². The van der Waals surface area contributed by atoms with Gasteiger partial charge in [-0.05, 0) is 38.1 Å². The van der Waals surface area contributed by atoms with Gasteiger partial charge in [-0.15, -0.1) is 0 Å². The van der Waals surface area contributed by atoms with Crippen molar-refractivity contribution in [2.45, 2.75) is 18.9 Å². The minimum atomic E-state index is 0.0223. The van der Waals surface area contributed by atoms with E-state index in [-0.39, 0.29) is 5.56 Å². The average molecular weight is 217 g/mol. The van der Waals surface area contributed by atoms with E-state index >= 15 is 0 Å². The maximum absolute atomic E-state index is 11.8. The summed E-state index contributed by atoms with van der Waals surface area (Å²) in [4.78, 5) is 11.8. The van der Waals surface area contributed by atoms with Crippen LogP contribution in [0.15, 0.2) is 29.1 Å². The fourth-order valence-electron chi connectivity index (χ4n) is 2.46. The van der Waals surface area contributed by atoms with E-state index in [0.717, 1.165) is 36.8 Å². The Labute approximate surface area is 93.3 Å². The van der Waals surface area contributed by atoms with Crippen LogP contribution in [0, 0.1) is 0 Å². The molecule has 3 rings (SSSR count). The van der Waals surface area contributed by atoms with Gasteiger partial charge in [0.2, 0.25) is 0 Å². The van der Waals surface area contributed by atoms with Crippen LogP contribution < -0.4 is 10.9 Å². The molecule has 0 spiro atoms. The predicted octanol–water partition coefficient (Wildman–Crippen LogP) is 1.25. The lowest BCUT2D eigenvalue weighted by atomic mass is 10.1. The van der Waals surface area contributed by atoms with Crippen LogP contribution in [0.5, 0.6) is 0 Å². The molecule has 1 aliphatic heterocycles. The van der Waals surface area contributed by atoms with Gasteiger partial charge >= 0.3 is 0 Å². The zero-order chi connectivity index (χ0) is 11.0. The lowest BCUT2D eigenvalue weighted by molar-refractivity contribution is 0.350. The molecule has 4 nitrogen and oxygen atoms in total. The number of para-hydroxylation sites is 1. The number of nitrogens with zero attached hydrogens (tertiary/aromatic N) is 1. The first-order valence-electron chi connectivity index (χ1n) is 5.76. The molecule has 0 aliphatic carbocycles. The predicted molar refractivity (Wildman–Crippen MR) is 63.7 cm³/mol. The van der Waals surface area contributed by atoms with Crippen molar-refractivity contribution >= 4 is 10.9 Å². The number of piperidine rings is 1. The highest BCUT2D eigenvalue weighted by molar-refractivity contribution is 5.78. The molecule has 1 fully saturated rings. The molecule has 0 amide bonds. The van der Waals surface area contributed by atoms with E-state index in [1.807, 2.05) is 28.9 Å². The quantitative estimate of drug-likeness (QED) is 0.755. The lowest BCUT2D eigenvalue weighted by Crippen LogP contribution is -2.30. The Morgan fingerprint density at radius 3 is 2.75 bits per heavy atom. The van der Waals surface area contributed by atoms with E-state index in [0.29, 0.717) is 6.04 Å². The van der Waals surface area contributed by atoms with Crippen molar-refractivity contribution in [3.8, 4) is 0 Å². The van der Waals surface area contributed by atoms with Crippen molar-refractivity contribution in [2.24, 2.45) is 0 Å². The summed E-state index contributed by atoms with van der Waals surface area (Å²) >= 11 is 0. The second kappa shape index (κ2) is 3.79. The summed E-state index contributed by atoms with van der Waals surface area (Å²) in [6.07, 6.45) is 2.16. The molecule has 1 saturated heterocycles. The summed E-state index contributed by atoms with van der Waals surface area (Å²) in [7, 11) is 0. The molecule has 2 aromatic rings. The first-order valence-corrected chi connectivity index (χ1v) is 5.76. The Balaban J connectivity index is 2.12. The van der Waals surface area contributed by atoms with Crippen LogP contribution in [0.1, 0.15) is 18.9 Å². The largest absolute Gasteiger partial charge is 0.317 e. The first-order chi connectivity index (χ1) is 7.86. The van der Waals surface area contributed by atoms with Gasteiger partial charge in [0.25, 0.3) is 5.56 Å². The second-order valence-corrected chi connectivity index (χ2v) is 4.31. The number of aromatic amines is 1. The summed E-state index contributed by atoms with van der Waals surface area (Å²) in [6.45, 7) is 2.05. The summed E-state index contributed by atoms with van der Waals surface area (Å²) in [5.41, 5.74) is 1.05. The SMILES string of the molecule is O=c1[nH]n(C2CCNCC2)c2ccccc12. The van der Waals surface area contributed by atoms with E-state index in [1.165, 1.54) is 0 Å². The molecule has 0 atom stereocenters. The number of hydrogen-bond acceptors (Lipinski definition) is 2. The minimum Gasteiger partial charge on any atom is -0.317 e. The zero-order valence-corrected chi connectivity index (χ0v) is 9.07. The number of nitrogens with one attached hydrogen (secondary N) is 2. The molecule has 0 bridgehead atoms. The summed E-state index contributed by atoms with van der Waals surface area (Å²) in [5.74, 6) is 0. The highest BCUT2D eigenvalue weighted by Gasteiger charge is 2.17. The van der Waals surface area contributed by atoms with Gasteiger partial charge in [-0.25, -0.2) is 0 Å². The highest BCUT2D eigenvalue weighted by Crippen LogP contribution is 2.21. The molecule has 4 heteroatoms. The molecule has 0 saturated carbocycles. The number of aromatic nitrogens is 2. The molecule has 16 heavy (non-hydrogen) atoms. The van der Waals surface area contributed by atoms with Crippen LogP contribution >= 0.6 is 0 Å². The van der Waals surface area contributed by atoms with Gasteiger partial charge in [0.05, 0.1) is 16.9 Å². The average Bonchev–Trinajstić information content (AvgIpc) is 2.69. The molecular weight excluding hydrogens is 202 g/mol. The van der Waals surface area contributed by atoms with Crippen LogP contribution in [0.25, 0.3) is 10.9 Å². The molecule has 0 unspecified atom stereocenters. The Hall–Kier alpha value is -1.55. The molecule has 1 aromatic carbocycles. The zero-order valence-electron chi connectivity index (χ0n) is 9.07. The van der Waals surface area contributed by atoms with Gasteiger partial charge in [0.15, 0.2) is 0 Å². The van der Waals surface area contributed by atoms with Crippen LogP contribution in [0.4, 0.5) is 0 Å². The van der Waals surface area contributed by atoms with E-state index in [9.17, 15) is 4.79 Å². The highest BCUT2D eigenvalue weighted by atomic mass is 16.1. The van der Waals surface area contributed by atoms with Gasteiger partial charge < -0.3 is 5.32 Å². The molecule has 0 radical (unpaired) electrons. The number of fused-ring (bicyclic) bond motifs is 1. The molecule has 1 aromatic heterocycles. The van der Waals surface area contributed by atoms with Gasteiger partial charge in [-0.1, -0.05) is 12.1 Å². The smallest absolute Gasteiger partial charge is 0.271 e. The fraction of sp³-hybridized carbons (Fsp3) is 0.417. The van der Waals surface area contributed by atoms with Crippen molar-refractivity contribution in [3.63, 3.8) is 0 Å². The van der Waals surface area contributed by atoms with E-state index in [2.05, 4.69) is 10.4 Å². The molecular formula is C12H15N3O. The van der Waals surface area contributed by atoms with E-state index < -0.39 is 0 Å². The number of benzene rings is 1. The van der Waals surface area contributed by atoms with E-state index in [4.69, 9.17) is 0 Å². The third kappa shape index (κ3) is 1.46. The molecule has 84 valence electrons. The van der Waals surface area contributed by atoms with Crippen molar-refractivity contribution in [1.82, 2.24) is 15.1 Å². The first kappa shape index (κ1) is 9.66. The Bertz CT molecular complexity index is 549. The topological polar surface area (TPSA) is 49.8 Å². The Kier molecular flexibility index (Phi) is 2.29. The van der Waals surface area contributed by atoms with Crippen LogP contribution in [-0.4, -0.2) is 22.9 Å². The molecule has 2 heterocycles. The molecule has 2 N–H and O–H groups in total. The van der Waals surface area contributed by atoms with Gasteiger partial charge in [0.1, 0.15) is 0 Å². The van der Waals surface area contributed by atoms with Crippen molar-refractivity contribution in [1.29, 1.82) is 0 Å². The normalized spacial score (nSPS) is 18.0. The summed E-state index contributed by atoms with van der Waals surface area (Å²) in [5, 5.41) is 7.08. The maximum atomic E-state index is 11.8. The minimum absolute atomic E-state index is 0.0223. The standard InChI is InChI=1S/C12H15N3O/c16-12-10-3-1-2-4-11(10)15(14-12)9-5-7-13-8-6-9/h1-4,9,13H,5-8H2,(H,14,16). The lowest BCUT2D eigenvalue weighted by Gasteiger charge is -2.24.